The molecule has 0 saturated heterocycles. The first-order valence-electron chi connectivity index (χ1n) is 6.10. The van der Waals surface area contributed by atoms with E-state index in [-0.39, 0.29) is 0 Å². The molecule has 0 amide bonds. The highest BCUT2D eigenvalue weighted by Gasteiger charge is 2.19. The first-order chi connectivity index (χ1) is 7.70. The van der Waals surface area contributed by atoms with Crippen molar-refractivity contribution in [3.8, 4) is 0 Å². The molecule has 1 rings (SSSR count). The summed E-state index contributed by atoms with van der Waals surface area (Å²) in [6.45, 7) is 13.0. The van der Waals surface area contributed by atoms with Crippen molar-refractivity contribution in [3.63, 3.8) is 0 Å². The molecule has 0 saturated carbocycles. The van der Waals surface area contributed by atoms with Gasteiger partial charge in [-0.05, 0) is 57.1 Å². The molecule has 1 aromatic carbocycles. The Hall–Kier alpha value is -0.643. The lowest BCUT2D eigenvalue weighted by Crippen LogP contribution is -2.28. The molecule has 0 aromatic heterocycles. The minimum absolute atomic E-state index is 0.403. The van der Waals surface area contributed by atoms with E-state index in [1.807, 2.05) is 13.8 Å². The Bertz CT molecular complexity index is 371. The van der Waals surface area contributed by atoms with Crippen molar-refractivity contribution >= 4 is 8.32 Å². The molecule has 1 N–H and O–H groups in total. The summed E-state index contributed by atoms with van der Waals surface area (Å²) >= 11 is 0. The normalized spacial score (nSPS) is 13.8. The highest BCUT2D eigenvalue weighted by Crippen LogP contribution is 2.24. The highest BCUT2D eigenvalue weighted by molar-refractivity contribution is 6.69. The molecule has 0 aliphatic rings. The van der Waals surface area contributed by atoms with Crippen molar-refractivity contribution < 1.29 is 9.53 Å². The Morgan fingerprint density at radius 3 is 2.00 bits per heavy atom. The van der Waals surface area contributed by atoms with E-state index in [9.17, 15) is 5.11 Å². The highest BCUT2D eigenvalue weighted by atomic mass is 28.4. The van der Waals surface area contributed by atoms with E-state index < -0.39 is 14.4 Å². The Balaban J connectivity index is 2.86. The summed E-state index contributed by atoms with van der Waals surface area (Å²) in [5.41, 5.74) is 4.55. The van der Waals surface area contributed by atoms with E-state index in [1.54, 1.807) is 0 Å². The predicted octanol–water partition coefficient (Wildman–Crippen LogP) is 3.50. The first-order valence-corrected chi connectivity index (χ1v) is 9.51. The summed E-state index contributed by atoms with van der Waals surface area (Å²) in [5, 5.41) is 10.2. The van der Waals surface area contributed by atoms with Crippen LogP contribution >= 0.6 is 0 Å². The molecule has 0 fully saturated rings. The first kappa shape index (κ1) is 14.4. The van der Waals surface area contributed by atoms with E-state index >= 15 is 0 Å². The monoisotopic (exact) mass is 252 g/mol. The van der Waals surface area contributed by atoms with Crippen LogP contribution in [-0.2, 0) is 4.43 Å². The van der Waals surface area contributed by atoms with Gasteiger partial charge in [0.1, 0.15) is 6.10 Å². The van der Waals surface area contributed by atoms with Crippen LogP contribution in [0.1, 0.15) is 28.4 Å². The van der Waals surface area contributed by atoms with Crippen molar-refractivity contribution in [2.24, 2.45) is 0 Å². The van der Waals surface area contributed by atoms with E-state index in [2.05, 4.69) is 38.7 Å². The molecule has 17 heavy (non-hydrogen) atoms. The van der Waals surface area contributed by atoms with Crippen LogP contribution in [0.15, 0.2) is 12.1 Å². The van der Waals surface area contributed by atoms with Crippen molar-refractivity contribution in [1.29, 1.82) is 0 Å². The summed E-state index contributed by atoms with van der Waals surface area (Å²) in [6, 6.07) is 4.22. The molecule has 3 heteroatoms. The summed E-state index contributed by atoms with van der Waals surface area (Å²) in [4.78, 5) is 0. The third kappa shape index (κ3) is 4.26. The number of aliphatic hydroxyl groups excluding tert-OH is 1. The number of benzene rings is 1. The molecule has 1 aromatic rings. The van der Waals surface area contributed by atoms with Gasteiger partial charge in [-0.1, -0.05) is 17.7 Å². The fraction of sp³-hybridized carbons (Fsp3) is 0.571. The number of aryl methyl sites for hydroxylation is 3. The van der Waals surface area contributed by atoms with Crippen LogP contribution in [0.3, 0.4) is 0 Å². The average molecular weight is 252 g/mol. The maximum Gasteiger partial charge on any atom is 0.183 e. The molecule has 0 aliphatic heterocycles. The van der Waals surface area contributed by atoms with Gasteiger partial charge >= 0.3 is 0 Å². The minimum atomic E-state index is -1.56. The zero-order valence-corrected chi connectivity index (χ0v) is 12.8. The summed E-state index contributed by atoms with van der Waals surface area (Å²) < 4.78 is 5.77. The summed E-state index contributed by atoms with van der Waals surface area (Å²) in [7, 11) is -1.56. The van der Waals surface area contributed by atoms with Crippen LogP contribution < -0.4 is 0 Å². The minimum Gasteiger partial charge on any atom is -0.415 e. The van der Waals surface area contributed by atoms with Crippen LogP contribution in [0.2, 0.25) is 19.6 Å². The fourth-order valence-electron chi connectivity index (χ4n) is 2.13. The number of hydrogen-bond acceptors (Lipinski definition) is 2. The topological polar surface area (TPSA) is 29.5 Å². The van der Waals surface area contributed by atoms with Crippen LogP contribution in [-0.4, -0.2) is 20.0 Å². The molecule has 2 nitrogen and oxygen atoms in total. The fourth-order valence-corrected chi connectivity index (χ4v) is 2.79. The zero-order valence-electron chi connectivity index (χ0n) is 11.8. The van der Waals surface area contributed by atoms with Gasteiger partial charge < -0.3 is 9.53 Å². The molecule has 0 aliphatic carbocycles. The van der Waals surface area contributed by atoms with Crippen molar-refractivity contribution in [2.75, 3.05) is 6.61 Å². The maximum atomic E-state index is 10.2. The van der Waals surface area contributed by atoms with Gasteiger partial charge in [0.2, 0.25) is 0 Å². The number of aliphatic hydroxyl groups is 1. The van der Waals surface area contributed by atoms with Crippen molar-refractivity contribution in [2.45, 2.75) is 46.5 Å². The van der Waals surface area contributed by atoms with Gasteiger partial charge in [0, 0.05) is 0 Å². The lowest BCUT2D eigenvalue weighted by Gasteiger charge is -2.22. The SMILES string of the molecule is Cc1cc(C)c([C@@H](O)CO[Si](C)(C)C)c(C)c1. The van der Waals surface area contributed by atoms with Gasteiger partial charge in [0.05, 0.1) is 6.61 Å². The molecule has 96 valence electrons. The number of rotatable bonds is 4. The van der Waals surface area contributed by atoms with Gasteiger partial charge in [-0.3, -0.25) is 0 Å². The Morgan fingerprint density at radius 2 is 1.59 bits per heavy atom. The quantitative estimate of drug-likeness (QED) is 0.831. The summed E-state index contributed by atoms with van der Waals surface area (Å²) in [5.74, 6) is 0. The smallest absolute Gasteiger partial charge is 0.183 e. The zero-order chi connectivity index (χ0) is 13.2. The average Bonchev–Trinajstić information content (AvgIpc) is 2.11. The molecule has 0 bridgehead atoms. The molecule has 0 radical (unpaired) electrons. The maximum absolute atomic E-state index is 10.2. The molecular formula is C14H24O2Si. The molecule has 0 heterocycles. The number of hydrogen-bond donors (Lipinski definition) is 1. The Labute approximate surface area is 106 Å². The summed E-state index contributed by atoms with van der Waals surface area (Å²) in [6.07, 6.45) is -0.512. The molecular weight excluding hydrogens is 228 g/mol. The molecule has 0 spiro atoms. The largest absolute Gasteiger partial charge is 0.415 e. The second-order valence-corrected chi connectivity index (χ2v) is 10.3. The van der Waals surface area contributed by atoms with Gasteiger partial charge in [0.25, 0.3) is 0 Å². The van der Waals surface area contributed by atoms with E-state index in [1.165, 1.54) is 5.56 Å². The van der Waals surface area contributed by atoms with Crippen LogP contribution in [0.25, 0.3) is 0 Å². The van der Waals surface area contributed by atoms with Gasteiger partial charge in [0.15, 0.2) is 8.32 Å². The van der Waals surface area contributed by atoms with Gasteiger partial charge in [-0.25, -0.2) is 0 Å². The lowest BCUT2D eigenvalue weighted by molar-refractivity contribution is 0.103. The molecule has 1 atom stereocenters. The standard InChI is InChI=1S/C14H24O2Si/c1-10-7-11(2)14(12(3)8-10)13(15)9-16-17(4,5)6/h7-8,13,15H,9H2,1-6H3/t13-/m0/s1. The lowest BCUT2D eigenvalue weighted by atomic mass is 9.96. The van der Waals surface area contributed by atoms with Crippen LogP contribution in [0.4, 0.5) is 0 Å². The van der Waals surface area contributed by atoms with Crippen LogP contribution in [0, 0.1) is 20.8 Å². The third-order valence-electron chi connectivity index (χ3n) is 2.75. The van der Waals surface area contributed by atoms with Gasteiger partial charge in [-0.2, -0.15) is 0 Å². The Kier molecular flexibility index (Phi) is 4.53. The van der Waals surface area contributed by atoms with E-state index in [0.717, 1.165) is 16.7 Å². The van der Waals surface area contributed by atoms with Gasteiger partial charge in [-0.15, -0.1) is 0 Å². The van der Waals surface area contributed by atoms with E-state index in [0.29, 0.717) is 6.61 Å². The third-order valence-corrected chi connectivity index (χ3v) is 3.78. The second kappa shape index (κ2) is 5.34. The second-order valence-electron chi connectivity index (χ2n) is 5.75. The van der Waals surface area contributed by atoms with E-state index in [4.69, 9.17) is 4.43 Å². The van der Waals surface area contributed by atoms with Crippen molar-refractivity contribution in [3.05, 3.63) is 34.4 Å². The van der Waals surface area contributed by atoms with Crippen molar-refractivity contribution in [1.82, 2.24) is 0 Å². The predicted molar refractivity (Wildman–Crippen MR) is 74.9 cm³/mol. The van der Waals surface area contributed by atoms with Crippen LogP contribution in [0.5, 0.6) is 0 Å². The Morgan fingerprint density at radius 1 is 1.12 bits per heavy atom. The molecule has 0 unspecified atom stereocenters.